The molecular weight excluding hydrogens is 320 g/mol. The quantitative estimate of drug-likeness (QED) is 0.633. The van der Waals surface area contributed by atoms with Crippen LogP contribution in [0, 0.1) is 11.6 Å². The van der Waals surface area contributed by atoms with Crippen LogP contribution in [0.25, 0.3) is 0 Å². The molecule has 2 aromatic carbocycles. The number of thioether (sulfide) groups is 1. The van der Waals surface area contributed by atoms with Gasteiger partial charge in [0, 0.05) is 22.6 Å². The zero-order chi connectivity index (χ0) is 16.8. The number of amides is 1. The highest BCUT2D eigenvalue weighted by molar-refractivity contribution is 8.00. The van der Waals surface area contributed by atoms with Crippen molar-refractivity contribution in [1.82, 2.24) is 0 Å². The minimum Gasteiger partial charge on any atom is -0.326 e. The third kappa shape index (κ3) is 4.89. The Labute approximate surface area is 137 Å². The fourth-order valence-electron chi connectivity index (χ4n) is 1.79. The van der Waals surface area contributed by atoms with Gasteiger partial charge in [-0.15, -0.1) is 11.8 Å². The number of ketones is 1. The van der Waals surface area contributed by atoms with Crippen LogP contribution >= 0.6 is 11.8 Å². The molecule has 120 valence electrons. The number of Topliss-reactive ketones (excluding diaryl/α,β-unsaturated/α-hetero) is 1. The van der Waals surface area contributed by atoms with E-state index in [1.807, 2.05) is 0 Å². The third-order valence-corrected chi connectivity index (χ3v) is 4.07. The van der Waals surface area contributed by atoms with E-state index in [0.29, 0.717) is 22.6 Å². The predicted octanol–water partition coefficient (Wildman–Crippen LogP) is 4.29. The topological polar surface area (TPSA) is 46.2 Å². The minimum atomic E-state index is -0.932. The molecule has 0 heterocycles. The molecule has 0 aliphatic rings. The Morgan fingerprint density at radius 1 is 1.04 bits per heavy atom. The third-order valence-electron chi connectivity index (χ3n) is 3.07. The van der Waals surface area contributed by atoms with Crippen molar-refractivity contribution in [3.8, 4) is 0 Å². The number of hydrogen-bond donors (Lipinski definition) is 1. The van der Waals surface area contributed by atoms with Crippen molar-refractivity contribution in [2.24, 2.45) is 0 Å². The first-order valence-electron chi connectivity index (χ1n) is 7.00. The van der Waals surface area contributed by atoms with E-state index in [4.69, 9.17) is 0 Å². The summed E-state index contributed by atoms with van der Waals surface area (Å²) in [6, 6.07) is 10.1. The number of nitrogens with one attached hydrogen (secondary N) is 1. The van der Waals surface area contributed by atoms with Gasteiger partial charge in [-0.25, -0.2) is 8.78 Å². The summed E-state index contributed by atoms with van der Waals surface area (Å²) in [7, 11) is 0. The second-order valence-electron chi connectivity index (χ2n) is 4.77. The van der Waals surface area contributed by atoms with E-state index in [-0.39, 0.29) is 17.4 Å². The number of hydrogen-bond acceptors (Lipinski definition) is 3. The van der Waals surface area contributed by atoms with Crippen molar-refractivity contribution in [2.75, 3.05) is 11.1 Å². The van der Waals surface area contributed by atoms with E-state index >= 15 is 0 Å². The van der Waals surface area contributed by atoms with E-state index in [1.54, 1.807) is 31.2 Å². The lowest BCUT2D eigenvalue weighted by Crippen LogP contribution is -2.09. The van der Waals surface area contributed by atoms with Gasteiger partial charge in [-0.3, -0.25) is 9.59 Å². The summed E-state index contributed by atoms with van der Waals surface area (Å²) < 4.78 is 25.9. The van der Waals surface area contributed by atoms with Crippen molar-refractivity contribution in [1.29, 1.82) is 0 Å². The normalized spacial score (nSPS) is 10.4. The van der Waals surface area contributed by atoms with Gasteiger partial charge in [0.1, 0.15) is 0 Å². The zero-order valence-electron chi connectivity index (χ0n) is 12.4. The fourth-order valence-corrected chi connectivity index (χ4v) is 2.60. The monoisotopic (exact) mass is 335 g/mol. The molecule has 0 spiro atoms. The predicted molar refractivity (Wildman–Crippen MR) is 86.8 cm³/mol. The van der Waals surface area contributed by atoms with Crippen LogP contribution in [0.5, 0.6) is 0 Å². The van der Waals surface area contributed by atoms with Gasteiger partial charge in [-0.05, 0) is 42.5 Å². The van der Waals surface area contributed by atoms with Gasteiger partial charge >= 0.3 is 0 Å². The molecule has 1 N–H and O–H groups in total. The molecule has 0 radical (unpaired) electrons. The van der Waals surface area contributed by atoms with Crippen molar-refractivity contribution in [3.05, 3.63) is 59.7 Å². The summed E-state index contributed by atoms with van der Waals surface area (Å²) in [5.74, 6) is -1.96. The molecule has 0 aromatic heterocycles. The number of anilines is 1. The van der Waals surface area contributed by atoms with Gasteiger partial charge in [0.25, 0.3) is 0 Å². The van der Waals surface area contributed by atoms with Crippen LogP contribution in [0.1, 0.15) is 23.7 Å². The lowest BCUT2D eigenvalue weighted by atomic mass is 10.1. The van der Waals surface area contributed by atoms with Crippen LogP contribution in [0.15, 0.2) is 47.4 Å². The van der Waals surface area contributed by atoms with Gasteiger partial charge < -0.3 is 5.32 Å². The Morgan fingerprint density at radius 3 is 2.35 bits per heavy atom. The molecule has 0 saturated carbocycles. The Morgan fingerprint density at radius 2 is 1.74 bits per heavy atom. The molecule has 0 fully saturated rings. The molecule has 3 nitrogen and oxygen atoms in total. The minimum absolute atomic E-state index is 0.0991. The van der Waals surface area contributed by atoms with Gasteiger partial charge in [0.05, 0.1) is 5.75 Å². The second-order valence-corrected chi connectivity index (χ2v) is 5.82. The van der Waals surface area contributed by atoms with E-state index in [9.17, 15) is 18.4 Å². The van der Waals surface area contributed by atoms with Crippen LogP contribution in [0.3, 0.4) is 0 Å². The molecule has 0 atom stereocenters. The summed E-state index contributed by atoms with van der Waals surface area (Å²) in [5, 5.41) is 2.69. The lowest BCUT2D eigenvalue weighted by Gasteiger charge is -2.05. The highest BCUT2D eigenvalue weighted by atomic mass is 32.2. The van der Waals surface area contributed by atoms with Crippen LogP contribution < -0.4 is 5.32 Å². The number of rotatable bonds is 6. The first kappa shape index (κ1) is 17.1. The Hall–Kier alpha value is -2.21. The Kier molecular flexibility index (Phi) is 5.87. The van der Waals surface area contributed by atoms with Gasteiger partial charge in [0.15, 0.2) is 17.4 Å². The van der Waals surface area contributed by atoms with Crippen molar-refractivity contribution < 1.29 is 18.4 Å². The summed E-state index contributed by atoms with van der Waals surface area (Å²) in [4.78, 5) is 23.8. The molecule has 0 saturated heterocycles. The Balaban J connectivity index is 1.95. The van der Waals surface area contributed by atoms with Crippen LogP contribution in [-0.2, 0) is 4.79 Å². The fraction of sp³-hybridized carbons (Fsp3) is 0.176. The van der Waals surface area contributed by atoms with E-state index in [0.717, 1.165) is 23.9 Å². The molecule has 0 aliphatic carbocycles. The van der Waals surface area contributed by atoms with Gasteiger partial charge in [0.2, 0.25) is 5.91 Å². The smallest absolute Gasteiger partial charge is 0.224 e. The average molecular weight is 335 g/mol. The summed E-state index contributed by atoms with van der Waals surface area (Å²) >= 11 is 1.14. The maximum absolute atomic E-state index is 13.1. The largest absolute Gasteiger partial charge is 0.326 e. The zero-order valence-corrected chi connectivity index (χ0v) is 13.3. The SMILES string of the molecule is CCC(=O)Nc1ccc(C(=O)CSc2ccc(F)c(F)c2)cc1. The molecule has 6 heteroatoms. The highest BCUT2D eigenvalue weighted by Crippen LogP contribution is 2.22. The van der Waals surface area contributed by atoms with E-state index in [1.165, 1.54) is 6.07 Å². The molecule has 0 bridgehead atoms. The number of carbonyl (C=O) groups is 2. The summed E-state index contributed by atoms with van der Waals surface area (Å²) in [6.07, 6.45) is 0.381. The first-order valence-corrected chi connectivity index (χ1v) is 7.99. The highest BCUT2D eigenvalue weighted by Gasteiger charge is 2.09. The molecule has 0 aliphatic heterocycles. The van der Waals surface area contributed by atoms with Gasteiger partial charge in [-0.1, -0.05) is 6.92 Å². The standard InChI is InChI=1S/C17H15F2NO2S/c1-2-17(22)20-12-5-3-11(4-6-12)16(21)10-23-13-7-8-14(18)15(19)9-13/h3-9H,2,10H2,1H3,(H,20,22). The van der Waals surface area contributed by atoms with E-state index in [2.05, 4.69) is 5.32 Å². The molecule has 2 aromatic rings. The molecule has 2 rings (SSSR count). The summed E-state index contributed by atoms with van der Waals surface area (Å²) in [5.41, 5.74) is 1.12. The van der Waals surface area contributed by atoms with Crippen molar-refractivity contribution in [3.63, 3.8) is 0 Å². The van der Waals surface area contributed by atoms with Crippen LogP contribution in [-0.4, -0.2) is 17.4 Å². The lowest BCUT2D eigenvalue weighted by molar-refractivity contribution is -0.115. The number of halogens is 2. The van der Waals surface area contributed by atoms with Crippen molar-refractivity contribution in [2.45, 2.75) is 18.2 Å². The summed E-state index contributed by atoms with van der Waals surface area (Å²) in [6.45, 7) is 1.75. The molecular formula is C17H15F2NO2S. The maximum atomic E-state index is 13.1. The van der Waals surface area contributed by atoms with Gasteiger partial charge in [-0.2, -0.15) is 0 Å². The first-order chi connectivity index (χ1) is 11.0. The van der Waals surface area contributed by atoms with Crippen molar-refractivity contribution >= 4 is 29.1 Å². The van der Waals surface area contributed by atoms with E-state index < -0.39 is 11.6 Å². The second kappa shape index (κ2) is 7.87. The van der Waals surface area contributed by atoms with Crippen LogP contribution in [0.2, 0.25) is 0 Å². The number of benzene rings is 2. The van der Waals surface area contributed by atoms with Crippen LogP contribution in [0.4, 0.5) is 14.5 Å². The Bertz CT molecular complexity index is 717. The molecule has 1 amide bonds. The molecule has 0 unspecified atom stereocenters. The maximum Gasteiger partial charge on any atom is 0.224 e. The number of carbonyl (C=O) groups excluding carboxylic acids is 2. The average Bonchev–Trinajstić information content (AvgIpc) is 2.56. The molecule has 23 heavy (non-hydrogen) atoms.